The fraction of sp³-hybridized carbons (Fsp3) is 0.500. The maximum Gasteiger partial charge on any atom is 0.241 e. The molecule has 14 heavy (non-hydrogen) atoms. The number of amides is 1. The van der Waals surface area contributed by atoms with Gasteiger partial charge in [-0.2, -0.15) is 0 Å². The molecule has 1 aromatic rings. The summed E-state index contributed by atoms with van der Waals surface area (Å²) in [6.07, 6.45) is 0.687. The van der Waals surface area contributed by atoms with Gasteiger partial charge in [0.2, 0.25) is 5.91 Å². The molecule has 0 fully saturated rings. The van der Waals surface area contributed by atoms with Crippen molar-refractivity contribution in [1.82, 2.24) is 4.68 Å². The van der Waals surface area contributed by atoms with Crippen molar-refractivity contribution >= 4 is 5.91 Å². The third-order valence-corrected chi connectivity index (χ3v) is 2.31. The van der Waals surface area contributed by atoms with Crippen LogP contribution in [0.4, 0.5) is 0 Å². The Morgan fingerprint density at radius 1 is 1.50 bits per heavy atom. The van der Waals surface area contributed by atoms with Crippen LogP contribution in [0.3, 0.4) is 0 Å². The first kappa shape index (κ1) is 10.6. The molecular formula is C10H17N3O. The highest BCUT2D eigenvalue weighted by atomic mass is 16.1. The molecule has 0 aliphatic rings. The number of carbonyl (C=O) groups excluding carboxylic acids is 1. The Kier molecular flexibility index (Phi) is 3.17. The van der Waals surface area contributed by atoms with Gasteiger partial charge in [0.05, 0.1) is 0 Å². The molecule has 3 N–H and O–H groups in total. The Hall–Kier alpha value is -1.45. The second kappa shape index (κ2) is 4.17. The molecule has 0 aliphatic carbocycles. The van der Waals surface area contributed by atoms with Crippen LogP contribution in [0.1, 0.15) is 24.7 Å². The van der Waals surface area contributed by atoms with Crippen molar-refractivity contribution in [1.29, 1.82) is 0 Å². The summed E-state index contributed by atoms with van der Waals surface area (Å²) in [6, 6.07) is 3.69. The molecule has 1 atom stereocenters. The Morgan fingerprint density at radius 2 is 2.00 bits per heavy atom. The van der Waals surface area contributed by atoms with Crippen LogP contribution < -0.4 is 11.2 Å². The summed E-state index contributed by atoms with van der Waals surface area (Å²) in [5.74, 6) is -0.319. The Morgan fingerprint density at radius 3 is 2.36 bits per heavy atom. The van der Waals surface area contributed by atoms with Crippen LogP contribution in [0, 0.1) is 13.8 Å². The van der Waals surface area contributed by atoms with Gasteiger partial charge in [-0.15, -0.1) is 0 Å². The average molecular weight is 195 g/mol. The van der Waals surface area contributed by atoms with Gasteiger partial charge in [-0.25, -0.2) is 0 Å². The molecule has 0 bridgehead atoms. The topological polar surface area (TPSA) is 60.1 Å². The number of hydrogen-bond donors (Lipinski definition) is 2. The van der Waals surface area contributed by atoms with E-state index in [1.54, 1.807) is 0 Å². The number of hydrogen-bond acceptors (Lipinski definition) is 2. The van der Waals surface area contributed by atoms with E-state index in [0.717, 1.165) is 11.4 Å². The number of primary amides is 1. The maximum absolute atomic E-state index is 11.0. The lowest BCUT2D eigenvalue weighted by molar-refractivity contribution is -0.119. The van der Waals surface area contributed by atoms with E-state index in [2.05, 4.69) is 5.43 Å². The average Bonchev–Trinajstić information content (AvgIpc) is 2.43. The van der Waals surface area contributed by atoms with Crippen molar-refractivity contribution in [2.45, 2.75) is 33.2 Å². The first-order chi connectivity index (χ1) is 6.56. The highest BCUT2D eigenvalue weighted by Crippen LogP contribution is 2.05. The molecule has 0 saturated heterocycles. The molecule has 1 unspecified atom stereocenters. The van der Waals surface area contributed by atoms with E-state index >= 15 is 0 Å². The van der Waals surface area contributed by atoms with Crippen LogP contribution in [0.5, 0.6) is 0 Å². The molecule has 1 amide bonds. The smallest absolute Gasteiger partial charge is 0.241 e. The molecular weight excluding hydrogens is 178 g/mol. The molecule has 0 saturated carbocycles. The van der Waals surface area contributed by atoms with Gasteiger partial charge in [0.15, 0.2) is 0 Å². The van der Waals surface area contributed by atoms with Crippen molar-refractivity contribution in [3.05, 3.63) is 23.5 Å². The van der Waals surface area contributed by atoms with E-state index in [1.807, 2.05) is 37.6 Å². The third kappa shape index (κ3) is 2.07. The van der Waals surface area contributed by atoms with E-state index in [1.165, 1.54) is 0 Å². The lowest BCUT2D eigenvalue weighted by Crippen LogP contribution is -2.39. The molecule has 4 nitrogen and oxygen atoms in total. The summed E-state index contributed by atoms with van der Waals surface area (Å²) in [4.78, 5) is 11.0. The Bertz CT molecular complexity index is 311. The van der Waals surface area contributed by atoms with Crippen molar-refractivity contribution in [3.8, 4) is 0 Å². The summed E-state index contributed by atoms with van der Waals surface area (Å²) in [5.41, 5.74) is 10.5. The minimum atomic E-state index is -0.319. The normalized spacial score (nSPS) is 12.5. The van der Waals surface area contributed by atoms with E-state index in [-0.39, 0.29) is 11.9 Å². The predicted molar refractivity (Wildman–Crippen MR) is 56.5 cm³/mol. The largest absolute Gasteiger partial charge is 0.368 e. The number of nitrogens with two attached hydrogens (primary N) is 1. The minimum Gasteiger partial charge on any atom is -0.368 e. The zero-order chi connectivity index (χ0) is 10.7. The summed E-state index contributed by atoms with van der Waals surface area (Å²) >= 11 is 0. The maximum atomic E-state index is 11.0. The number of carbonyl (C=O) groups is 1. The molecule has 78 valence electrons. The van der Waals surface area contributed by atoms with Gasteiger partial charge in [0.25, 0.3) is 0 Å². The van der Waals surface area contributed by atoms with Gasteiger partial charge in [0, 0.05) is 11.4 Å². The van der Waals surface area contributed by atoms with Crippen LogP contribution in [0.15, 0.2) is 12.1 Å². The first-order valence-electron chi connectivity index (χ1n) is 4.77. The minimum absolute atomic E-state index is 0.306. The Labute approximate surface area is 84.1 Å². The van der Waals surface area contributed by atoms with Crippen molar-refractivity contribution < 1.29 is 4.79 Å². The van der Waals surface area contributed by atoms with Gasteiger partial charge in [-0.1, -0.05) is 6.92 Å². The van der Waals surface area contributed by atoms with E-state index in [4.69, 9.17) is 5.73 Å². The van der Waals surface area contributed by atoms with E-state index in [0.29, 0.717) is 6.42 Å². The van der Waals surface area contributed by atoms with Gasteiger partial charge >= 0.3 is 0 Å². The standard InChI is InChI=1S/C10H17N3O/c1-4-9(10(11)14)12-13-7(2)5-6-8(13)3/h5-6,9,12H,4H2,1-3H3,(H2,11,14). The summed E-state index contributed by atoms with van der Waals surface area (Å²) in [7, 11) is 0. The molecule has 0 radical (unpaired) electrons. The van der Waals surface area contributed by atoms with Gasteiger partial charge in [-0.05, 0) is 32.4 Å². The Balaban J connectivity index is 2.81. The fourth-order valence-electron chi connectivity index (χ4n) is 1.38. The lowest BCUT2D eigenvalue weighted by Gasteiger charge is -2.18. The van der Waals surface area contributed by atoms with E-state index in [9.17, 15) is 4.79 Å². The zero-order valence-corrected chi connectivity index (χ0v) is 8.87. The molecule has 0 aliphatic heterocycles. The van der Waals surface area contributed by atoms with Crippen LogP contribution >= 0.6 is 0 Å². The molecule has 1 rings (SSSR count). The van der Waals surface area contributed by atoms with Crippen molar-refractivity contribution in [3.63, 3.8) is 0 Å². The highest BCUT2D eigenvalue weighted by molar-refractivity contribution is 5.81. The molecule has 0 spiro atoms. The molecule has 1 heterocycles. The van der Waals surface area contributed by atoms with Crippen molar-refractivity contribution in [2.24, 2.45) is 5.73 Å². The van der Waals surface area contributed by atoms with Gasteiger partial charge in [-0.3, -0.25) is 9.47 Å². The summed E-state index contributed by atoms with van der Waals surface area (Å²) < 4.78 is 1.89. The zero-order valence-electron chi connectivity index (χ0n) is 8.87. The van der Waals surface area contributed by atoms with Crippen LogP contribution in [0.25, 0.3) is 0 Å². The second-order valence-corrected chi connectivity index (χ2v) is 3.44. The van der Waals surface area contributed by atoms with Crippen LogP contribution in [-0.2, 0) is 4.79 Å². The summed E-state index contributed by atoms with van der Waals surface area (Å²) in [5, 5.41) is 0. The second-order valence-electron chi connectivity index (χ2n) is 3.44. The highest BCUT2D eigenvalue weighted by Gasteiger charge is 2.13. The fourth-order valence-corrected chi connectivity index (χ4v) is 1.38. The third-order valence-electron chi connectivity index (χ3n) is 2.31. The monoisotopic (exact) mass is 195 g/mol. The van der Waals surface area contributed by atoms with Gasteiger partial charge in [0.1, 0.15) is 6.04 Å². The first-order valence-corrected chi connectivity index (χ1v) is 4.77. The number of aryl methyl sites for hydroxylation is 2. The molecule has 1 aromatic heterocycles. The number of aromatic nitrogens is 1. The number of nitrogens with zero attached hydrogens (tertiary/aromatic N) is 1. The van der Waals surface area contributed by atoms with E-state index < -0.39 is 0 Å². The predicted octanol–water partition coefficient (Wildman–Crippen LogP) is 0.912. The number of nitrogens with one attached hydrogen (secondary N) is 1. The van der Waals surface area contributed by atoms with Gasteiger partial charge < -0.3 is 11.2 Å². The lowest BCUT2D eigenvalue weighted by atomic mass is 10.2. The molecule has 4 heteroatoms. The number of rotatable bonds is 4. The van der Waals surface area contributed by atoms with Crippen molar-refractivity contribution in [2.75, 3.05) is 5.43 Å². The summed E-state index contributed by atoms with van der Waals surface area (Å²) in [6.45, 7) is 5.89. The van der Waals surface area contributed by atoms with Crippen LogP contribution in [0.2, 0.25) is 0 Å². The quantitative estimate of drug-likeness (QED) is 0.750. The molecule has 0 aromatic carbocycles. The van der Waals surface area contributed by atoms with Crippen LogP contribution in [-0.4, -0.2) is 16.6 Å². The SMILES string of the molecule is CCC(Nn1c(C)ccc1C)C(N)=O.